The van der Waals surface area contributed by atoms with Gasteiger partial charge in [-0.25, -0.2) is 4.79 Å². The van der Waals surface area contributed by atoms with Crippen molar-refractivity contribution in [3.8, 4) is 16.2 Å². The van der Waals surface area contributed by atoms with Crippen LogP contribution in [0.1, 0.15) is 17.3 Å². The molecule has 0 aliphatic rings. The van der Waals surface area contributed by atoms with Crippen molar-refractivity contribution in [1.29, 1.82) is 0 Å². The standard InChI is InChI=1S/C11H12N2O3S/c1-3-16-11(15)9-8(14)6-17-10(9)7-4-12-13(2)5-7/h4-6,14H,3H2,1-2H3. The number of carbonyl (C=O) groups is 1. The van der Waals surface area contributed by atoms with Gasteiger partial charge in [-0.1, -0.05) is 0 Å². The lowest BCUT2D eigenvalue weighted by Crippen LogP contribution is -2.04. The molecule has 0 radical (unpaired) electrons. The average molecular weight is 252 g/mol. The molecule has 0 bridgehead atoms. The summed E-state index contributed by atoms with van der Waals surface area (Å²) >= 11 is 1.29. The molecule has 0 spiro atoms. The van der Waals surface area contributed by atoms with Gasteiger partial charge in [0, 0.05) is 24.2 Å². The van der Waals surface area contributed by atoms with Crippen molar-refractivity contribution >= 4 is 17.3 Å². The van der Waals surface area contributed by atoms with Gasteiger partial charge in [-0.05, 0) is 6.92 Å². The summed E-state index contributed by atoms with van der Waals surface area (Å²) < 4.78 is 6.56. The summed E-state index contributed by atoms with van der Waals surface area (Å²) in [6.45, 7) is 2.01. The van der Waals surface area contributed by atoms with Gasteiger partial charge in [0.25, 0.3) is 0 Å². The highest BCUT2D eigenvalue weighted by Gasteiger charge is 2.21. The molecule has 17 heavy (non-hydrogen) atoms. The molecule has 1 N–H and O–H groups in total. The first kappa shape index (κ1) is 11.7. The number of hydrogen-bond acceptors (Lipinski definition) is 5. The molecule has 0 atom stereocenters. The van der Waals surface area contributed by atoms with Crippen LogP contribution >= 0.6 is 11.3 Å². The van der Waals surface area contributed by atoms with Crippen LogP contribution in [-0.4, -0.2) is 27.5 Å². The Kier molecular flexibility index (Phi) is 3.14. The van der Waals surface area contributed by atoms with Crippen molar-refractivity contribution in [2.45, 2.75) is 6.92 Å². The molecule has 2 aromatic heterocycles. The molecule has 2 aromatic rings. The number of aryl methyl sites for hydroxylation is 1. The van der Waals surface area contributed by atoms with Crippen molar-refractivity contribution in [1.82, 2.24) is 9.78 Å². The third kappa shape index (κ3) is 2.16. The van der Waals surface area contributed by atoms with Crippen molar-refractivity contribution in [3.63, 3.8) is 0 Å². The SMILES string of the molecule is CCOC(=O)c1c(O)csc1-c1cnn(C)c1. The molecule has 0 aliphatic heterocycles. The Balaban J connectivity index is 2.45. The van der Waals surface area contributed by atoms with Gasteiger partial charge in [0.05, 0.1) is 17.7 Å². The molecule has 0 unspecified atom stereocenters. The third-order valence-corrected chi connectivity index (χ3v) is 3.23. The fourth-order valence-corrected chi connectivity index (χ4v) is 2.39. The van der Waals surface area contributed by atoms with Crippen molar-refractivity contribution < 1.29 is 14.6 Å². The van der Waals surface area contributed by atoms with Crippen LogP contribution in [0.4, 0.5) is 0 Å². The van der Waals surface area contributed by atoms with Gasteiger partial charge in [-0.2, -0.15) is 5.10 Å². The second-order valence-corrected chi connectivity index (χ2v) is 4.33. The third-order valence-electron chi connectivity index (χ3n) is 2.22. The predicted octanol–water partition coefficient (Wildman–Crippen LogP) is 2.03. The highest BCUT2D eigenvalue weighted by Crippen LogP contribution is 2.36. The van der Waals surface area contributed by atoms with Crippen molar-refractivity contribution in [2.75, 3.05) is 6.61 Å². The first-order valence-corrected chi connectivity index (χ1v) is 5.98. The number of ether oxygens (including phenoxy) is 1. The number of esters is 1. The summed E-state index contributed by atoms with van der Waals surface area (Å²) in [5.41, 5.74) is 1.01. The molecule has 90 valence electrons. The topological polar surface area (TPSA) is 64.3 Å². The number of rotatable bonds is 3. The minimum absolute atomic E-state index is 0.0488. The number of aromatic nitrogens is 2. The van der Waals surface area contributed by atoms with Gasteiger partial charge in [0.15, 0.2) is 0 Å². The monoisotopic (exact) mass is 252 g/mol. The van der Waals surface area contributed by atoms with Gasteiger partial charge in [-0.3, -0.25) is 4.68 Å². The quantitative estimate of drug-likeness (QED) is 0.849. The molecular weight excluding hydrogens is 240 g/mol. The van der Waals surface area contributed by atoms with Crippen LogP contribution in [-0.2, 0) is 11.8 Å². The van der Waals surface area contributed by atoms with Gasteiger partial charge in [0.1, 0.15) is 11.3 Å². The first-order valence-electron chi connectivity index (χ1n) is 5.10. The second kappa shape index (κ2) is 4.58. The Morgan fingerprint density at radius 1 is 1.65 bits per heavy atom. The fourth-order valence-electron chi connectivity index (χ4n) is 1.50. The molecular formula is C11H12N2O3S. The van der Waals surface area contributed by atoms with E-state index in [0.717, 1.165) is 5.56 Å². The van der Waals surface area contributed by atoms with Crippen molar-refractivity contribution in [2.24, 2.45) is 7.05 Å². The van der Waals surface area contributed by atoms with E-state index in [4.69, 9.17) is 4.74 Å². The summed E-state index contributed by atoms with van der Waals surface area (Å²) in [5, 5.41) is 15.2. The predicted molar refractivity (Wildman–Crippen MR) is 64.1 cm³/mol. The average Bonchev–Trinajstić information content (AvgIpc) is 2.85. The Bertz CT molecular complexity index is 545. The normalized spacial score (nSPS) is 10.5. The largest absolute Gasteiger partial charge is 0.506 e. The molecule has 0 fully saturated rings. The van der Waals surface area contributed by atoms with Crippen LogP contribution in [0.15, 0.2) is 17.8 Å². The number of aromatic hydroxyl groups is 1. The zero-order chi connectivity index (χ0) is 12.4. The van der Waals surface area contributed by atoms with E-state index in [0.29, 0.717) is 4.88 Å². The van der Waals surface area contributed by atoms with Crippen LogP contribution in [0.2, 0.25) is 0 Å². The van der Waals surface area contributed by atoms with E-state index in [1.54, 1.807) is 31.0 Å². The second-order valence-electron chi connectivity index (χ2n) is 3.45. The van der Waals surface area contributed by atoms with E-state index in [-0.39, 0.29) is 17.9 Å². The Morgan fingerprint density at radius 2 is 2.41 bits per heavy atom. The minimum Gasteiger partial charge on any atom is -0.506 e. The van der Waals surface area contributed by atoms with E-state index >= 15 is 0 Å². The number of carbonyl (C=O) groups excluding carboxylic acids is 1. The molecule has 6 heteroatoms. The summed E-state index contributed by atoms with van der Waals surface area (Å²) in [5.74, 6) is -0.558. The van der Waals surface area contributed by atoms with E-state index in [1.807, 2.05) is 0 Å². The Morgan fingerprint density at radius 3 is 3.00 bits per heavy atom. The maximum atomic E-state index is 11.7. The highest BCUT2D eigenvalue weighted by molar-refractivity contribution is 7.14. The fraction of sp³-hybridized carbons (Fsp3) is 0.273. The molecule has 0 saturated carbocycles. The van der Waals surface area contributed by atoms with Gasteiger partial charge in [-0.15, -0.1) is 11.3 Å². The van der Waals surface area contributed by atoms with E-state index in [1.165, 1.54) is 16.7 Å². The summed E-state index contributed by atoms with van der Waals surface area (Å²) in [6.07, 6.45) is 3.43. The van der Waals surface area contributed by atoms with E-state index < -0.39 is 5.97 Å². The maximum Gasteiger partial charge on any atom is 0.343 e. The Hall–Kier alpha value is -1.82. The van der Waals surface area contributed by atoms with E-state index in [9.17, 15) is 9.90 Å². The van der Waals surface area contributed by atoms with Gasteiger partial charge < -0.3 is 9.84 Å². The highest BCUT2D eigenvalue weighted by atomic mass is 32.1. The maximum absolute atomic E-state index is 11.7. The van der Waals surface area contributed by atoms with Gasteiger partial charge >= 0.3 is 5.97 Å². The minimum atomic E-state index is -0.509. The smallest absolute Gasteiger partial charge is 0.343 e. The van der Waals surface area contributed by atoms with Crippen LogP contribution in [0.25, 0.3) is 10.4 Å². The summed E-state index contributed by atoms with van der Waals surface area (Å²) in [4.78, 5) is 12.4. The summed E-state index contributed by atoms with van der Waals surface area (Å²) in [7, 11) is 1.79. The molecule has 5 nitrogen and oxygen atoms in total. The zero-order valence-corrected chi connectivity index (χ0v) is 10.3. The van der Waals surface area contributed by atoms with Crippen LogP contribution in [0.3, 0.4) is 0 Å². The first-order chi connectivity index (χ1) is 8.13. The molecule has 0 aromatic carbocycles. The lowest BCUT2D eigenvalue weighted by Gasteiger charge is -2.02. The lowest BCUT2D eigenvalue weighted by molar-refractivity contribution is 0.0525. The van der Waals surface area contributed by atoms with Crippen molar-refractivity contribution in [3.05, 3.63) is 23.3 Å². The lowest BCUT2D eigenvalue weighted by atomic mass is 10.2. The molecule has 0 aliphatic carbocycles. The van der Waals surface area contributed by atoms with Crippen LogP contribution in [0, 0.1) is 0 Å². The van der Waals surface area contributed by atoms with Gasteiger partial charge in [0.2, 0.25) is 0 Å². The molecule has 0 saturated heterocycles. The molecule has 0 amide bonds. The zero-order valence-electron chi connectivity index (χ0n) is 9.51. The van der Waals surface area contributed by atoms with E-state index in [2.05, 4.69) is 5.10 Å². The molecule has 2 heterocycles. The van der Waals surface area contributed by atoms with Crippen LogP contribution < -0.4 is 0 Å². The number of hydrogen-bond donors (Lipinski definition) is 1. The molecule has 2 rings (SSSR count). The number of nitrogens with zero attached hydrogens (tertiary/aromatic N) is 2. The van der Waals surface area contributed by atoms with Crippen LogP contribution in [0.5, 0.6) is 5.75 Å². The Labute approximate surface area is 102 Å². The summed E-state index contributed by atoms with van der Waals surface area (Å²) in [6, 6.07) is 0. The number of thiophene rings is 1.